The summed E-state index contributed by atoms with van der Waals surface area (Å²) < 4.78 is 2.00. The van der Waals surface area contributed by atoms with Crippen molar-refractivity contribution in [3.8, 4) is 5.69 Å². The minimum Gasteiger partial charge on any atom is -0.349 e. The maximum atomic E-state index is 12.7. The molecule has 5 nitrogen and oxygen atoms in total. The van der Waals surface area contributed by atoms with E-state index in [0.29, 0.717) is 0 Å². The first-order chi connectivity index (χ1) is 13.0. The Bertz CT molecular complexity index is 923. The summed E-state index contributed by atoms with van der Waals surface area (Å²) in [5.41, 5.74) is 3.26. The van der Waals surface area contributed by atoms with Crippen LogP contribution >= 0.6 is 11.8 Å². The van der Waals surface area contributed by atoms with Gasteiger partial charge in [-0.1, -0.05) is 60.3 Å². The number of nitrogens with zero attached hydrogens (tertiary/aromatic N) is 3. The fourth-order valence-corrected chi connectivity index (χ4v) is 3.79. The molecule has 1 heterocycles. The third-order valence-electron chi connectivity index (χ3n) is 4.46. The maximum Gasteiger partial charge on any atom is 0.233 e. The van der Waals surface area contributed by atoms with Gasteiger partial charge in [-0.05, 0) is 44.9 Å². The zero-order chi connectivity index (χ0) is 19.4. The van der Waals surface area contributed by atoms with E-state index in [4.69, 9.17) is 0 Å². The van der Waals surface area contributed by atoms with Crippen LogP contribution in [0.3, 0.4) is 0 Å². The number of carbonyl (C=O) groups is 1. The molecular formula is C21H24N4OS. The molecular weight excluding hydrogens is 356 g/mol. The number of aromatic nitrogens is 3. The Hall–Kier alpha value is -2.60. The van der Waals surface area contributed by atoms with Crippen LogP contribution in [0.5, 0.6) is 0 Å². The average molecular weight is 381 g/mol. The molecule has 2 unspecified atom stereocenters. The predicted octanol–water partition coefficient (Wildman–Crippen LogP) is 4.24. The van der Waals surface area contributed by atoms with Gasteiger partial charge in [-0.15, -0.1) is 10.2 Å². The summed E-state index contributed by atoms with van der Waals surface area (Å²) in [5.74, 6) is 0.783. The van der Waals surface area contributed by atoms with Gasteiger partial charge in [0, 0.05) is 0 Å². The highest BCUT2D eigenvalue weighted by Gasteiger charge is 2.21. The van der Waals surface area contributed by atoms with E-state index in [-0.39, 0.29) is 17.2 Å². The van der Waals surface area contributed by atoms with Crippen LogP contribution in [0.15, 0.2) is 59.8 Å². The van der Waals surface area contributed by atoms with Crippen LogP contribution in [0.2, 0.25) is 0 Å². The quantitative estimate of drug-likeness (QED) is 0.650. The number of hydrogen-bond donors (Lipinski definition) is 1. The Labute approximate surface area is 164 Å². The van der Waals surface area contributed by atoms with Crippen molar-refractivity contribution < 1.29 is 4.79 Å². The van der Waals surface area contributed by atoms with Gasteiger partial charge in [-0.2, -0.15) is 0 Å². The van der Waals surface area contributed by atoms with Crippen molar-refractivity contribution in [1.29, 1.82) is 0 Å². The molecule has 0 aliphatic rings. The molecule has 140 valence electrons. The Balaban J connectivity index is 1.74. The Kier molecular flexibility index (Phi) is 5.96. The lowest BCUT2D eigenvalue weighted by atomic mass is 10.1. The summed E-state index contributed by atoms with van der Waals surface area (Å²) in [4.78, 5) is 12.7. The van der Waals surface area contributed by atoms with Gasteiger partial charge in [0.2, 0.25) is 5.91 Å². The summed E-state index contributed by atoms with van der Waals surface area (Å²) in [5, 5.41) is 12.0. The first kappa shape index (κ1) is 19.2. The number of benzene rings is 2. The molecule has 3 aromatic rings. The molecule has 0 radical (unpaired) electrons. The molecule has 0 aliphatic carbocycles. The smallest absolute Gasteiger partial charge is 0.233 e. The summed E-state index contributed by atoms with van der Waals surface area (Å²) >= 11 is 1.42. The van der Waals surface area contributed by atoms with E-state index in [1.165, 1.54) is 11.8 Å². The first-order valence-electron chi connectivity index (χ1n) is 8.97. The molecule has 2 atom stereocenters. The Morgan fingerprint density at radius 2 is 1.67 bits per heavy atom. The molecule has 3 rings (SSSR count). The summed E-state index contributed by atoms with van der Waals surface area (Å²) in [6, 6.07) is 18.0. The van der Waals surface area contributed by atoms with Crippen molar-refractivity contribution in [2.24, 2.45) is 0 Å². The molecule has 1 aromatic heterocycles. The molecule has 0 bridgehead atoms. The lowest BCUT2D eigenvalue weighted by molar-refractivity contribution is -0.120. The minimum atomic E-state index is -0.289. The molecule has 0 aliphatic heterocycles. The van der Waals surface area contributed by atoms with Gasteiger partial charge in [0.1, 0.15) is 5.82 Å². The van der Waals surface area contributed by atoms with Crippen molar-refractivity contribution >= 4 is 17.7 Å². The van der Waals surface area contributed by atoms with Gasteiger partial charge >= 0.3 is 0 Å². The van der Waals surface area contributed by atoms with Gasteiger partial charge in [-0.3, -0.25) is 9.36 Å². The second-order valence-corrected chi connectivity index (χ2v) is 7.86. The standard InChI is InChI=1S/C21H24N4OS/c1-14-10-8-9-13-19(14)25-17(4)23-24-21(25)27-16(3)20(26)22-15(2)18-11-6-5-7-12-18/h5-13,15-16H,1-4H3,(H,22,26). The van der Waals surface area contributed by atoms with Crippen molar-refractivity contribution in [2.45, 2.75) is 44.1 Å². The zero-order valence-electron chi connectivity index (χ0n) is 16.0. The van der Waals surface area contributed by atoms with Crippen molar-refractivity contribution in [3.05, 3.63) is 71.5 Å². The fourth-order valence-electron chi connectivity index (χ4n) is 2.88. The fraction of sp³-hybridized carbons (Fsp3) is 0.286. The first-order valence-corrected chi connectivity index (χ1v) is 9.85. The summed E-state index contributed by atoms with van der Waals surface area (Å²) in [7, 11) is 0. The number of rotatable bonds is 6. The molecule has 0 fully saturated rings. The van der Waals surface area contributed by atoms with E-state index >= 15 is 0 Å². The summed E-state index contributed by atoms with van der Waals surface area (Å²) in [6.07, 6.45) is 0. The highest BCUT2D eigenvalue weighted by molar-refractivity contribution is 8.00. The number of thioether (sulfide) groups is 1. The molecule has 2 aromatic carbocycles. The number of hydrogen-bond acceptors (Lipinski definition) is 4. The topological polar surface area (TPSA) is 59.8 Å². The molecule has 1 N–H and O–H groups in total. The van der Waals surface area contributed by atoms with Crippen LogP contribution in [0.4, 0.5) is 0 Å². The lowest BCUT2D eigenvalue weighted by Gasteiger charge is -2.18. The van der Waals surface area contributed by atoms with Crippen LogP contribution in [0, 0.1) is 13.8 Å². The van der Waals surface area contributed by atoms with Crippen LogP contribution in [-0.4, -0.2) is 25.9 Å². The average Bonchev–Trinajstić information content (AvgIpc) is 3.03. The lowest BCUT2D eigenvalue weighted by Crippen LogP contribution is -2.33. The van der Waals surface area contributed by atoms with Gasteiger partial charge in [0.25, 0.3) is 0 Å². The summed E-state index contributed by atoms with van der Waals surface area (Å²) in [6.45, 7) is 7.86. The maximum absolute atomic E-state index is 12.7. The van der Waals surface area contributed by atoms with Crippen LogP contribution in [0.25, 0.3) is 5.69 Å². The van der Waals surface area contributed by atoms with Crippen molar-refractivity contribution in [2.75, 3.05) is 0 Å². The van der Waals surface area contributed by atoms with Gasteiger partial charge < -0.3 is 5.32 Å². The highest BCUT2D eigenvalue weighted by atomic mass is 32.2. The predicted molar refractivity (Wildman–Crippen MR) is 109 cm³/mol. The second-order valence-electron chi connectivity index (χ2n) is 6.55. The van der Waals surface area contributed by atoms with Gasteiger partial charge in [0.05, 0.1) is 17.0 Å². The number of aryl methyl sites for hydroxylation is 2. The molecule has 0 saturated heterocycles. The molecule has 6 heteroatoms. The van der Waals surface area contributed by atoms with E-state index in [0.717, 1.165) is 27.8 Å². The van der Waals surface area contributed by atoms with Crippen molar-refractivity contribution in [1.82, 2.24) is 20.1 Å². The zero-order valence-corrected chi connectivity index (χ0v) is 16.8. The minimum absolute atomic E-state index is 0.0201. The van der Waals surface area contributed by atoms with E-state index in [2.05, 4.69) is 28.5 Å². The van der Waals surface area contributed by atoms with Crippen LogP contribution < -0.4 is 5.32 Å². The third-order valence-corrected chi connectivity index (χ3v) is 5.50. The molecule has 0 saturated carbocycles. The molecule has 0 spiro atoms. The highest BCUT2D eigenvalue weighted by Crippen LogP contribution is 2.27. The number of carbonyl (C=O) groups excluding carboxylic acids is 1. The monoisotopic (exact) mass is 380 g/mol. The number of amides is 1. The molecule has 1 amide bonds. The Morgan fingerprint density at radius 3 is 2.37 bits per heavy atom. The van der Waals surface area contributed by atoms with E-state index in [1.807, 2.05) is 73.9 Å². The van der Waals surface area contributed by atoms with E-state index in [9.17, 15) is 4.79 Å². The largest absolute Gasteiger partial charge is 0.349 e. The molecule has 27 heavy (non-hydrogen) atoms. The number of nitrogens with one attached hydrogen (secondary N) is 1. The Morgan fingerprint density at radius 1 is 1.00 bits per heavy atom. The SMILES string of the molecule is Cc1ccccc1-n1c(C)nnc1SC(C)C(=O)NC(C)c1ccccc1. The van der Waals surface area contributed by atoms with Gasteiger partial charge in [-0.25, -0.2) is 0 Å². The number of para-hydroxylation sites is 1. The van der Waals surface area contributed by atoms with E-state index < -0.39 is 0 Å². The van der Waals surface area contributed by atoms with Gasteiger partial charge in [0.15, 0.2) is 5.16 Å². The third kappa shape index (κ3) is 4.39. The van der Waals surface area contributed by atoms with Crippen LogP contribution in [-0.2, 0) is 4.79 Å². The van der Waals surface area contributed by atoms with Crippen LogP contribution in [0.1, 0.15) is 36.8 Å². The second kappa shape index (κ2) is 8.39. The van der Waals surface area contributed by atoms with Crippen molar-refractivity contribution in [3.63, 3.8) is 0 Å². The van der Waals surface area contributed by atoms with E-state index in [1.54, 1.807) is 0 Å². The normalized spacial score (nSPS) is 13.2.